The zero-order valence-electron chi connectivity index (χ0n) is 12.0. The molecule has 0 saturated heterocycles. The van der Waals surface area contributed by atoms with Crippen LogP contribution in [-0.4, -0.2) is 44.5 Å². The highest BCUT2D eigenvalue weighted by molar-refractivity contribution is 5.82. The number of urea groups is 1. The van der Waals surface area contributed by atoms with Crippen LogP contribution in [0.4, 0.5) is 4.79 Å². The minimum atomic E-state index is -1.03. The van der Waals surface area contributed by atoms with E-state index in [0.29, 0.717) is 25.2 Å². The van der Waals surface area contributed by atoms with Gasteiger partial charge in [0.25, 0.3) is 0 Å². The lowest BCUT2D eigenvalue weighted by atomic mass is 10.0. The molecule has 8 nitrogen and oxygen atoms in total. The molecular formula is C12H21N5O3. The Morgan fingerprint density at radius 3 is 2.65 bits per heavy atom. The summed E-state index contributed by atoms with van der Waals surface area (Å²) in [5.74, 6) is -0.209. The molecule has 20 heavy (non-hydrogen) atoms. The van der Waals surface area contributed by atoms with Gasteiger partial charge in [0, 0.05) is 20.0 Å². The Balaban J connectivity index is 2.32. The van der Waals surface area contributed by atoms with Crippen LogP contribution >= 0.6 is 0 Å². The third-order valence-corrected chi connectivity index (χ3v) is 2.59. The average molecular weight is 283 g/mol. The molecule has 1 aromatic rings. The van der Waals surface area contributed by atoms with Gasteiger partial charge in [-0.3, -0.25) is 4.68 Å². The molecular weight excluding hydrogens is 262 g/mol. The highest BCUT2D eigenvalue weighted by Crippen LogP contribution is 2.04. The number of aryl methyl sites for hydroxylation is 1. The van der Waals surface area contributed by atoms with Crippen molar-refractivity contribution < 1.29 is 14.7 Å². The van der Waals surface area contributed by atoms with Gasteiger partial charge in [0.05, 0.1) is 0 Å². The van der Waals surface area contributed by atoms with Crippen molar-refractivity contribution in [2.75, 3.05) is 6.54 Å². The van der Waals surface area contributed by atoms with E-state index in [1.165, 1.54) is 0 Å². The summed E-state index contributed by atoms with van der Waals surface area (Å²) in [6, 6.07) is -1.36. The van der Waals surface area contributed by atoms with E-state index in [4.69, 9.17) is 5.11 Å². The summed E-state index contributed by atoms with van der Waals surface area (Å²) >= 11 is 0. The minimum Gasteiger partial charge on any atom is -0.480 e. The van der Waals surface area contributed by atoms with Gasteiger partial charge in [-0.1, -0.05) is 13.8 Å². The summed E-state index contributed by atoms with van der Waals surface area (Å²) < 4.78 is 1.58. The van der Waals surface area contributed by atoms with Gasteiger partial charge in [0.1, 0.15) is 12.4 Å². The van der Waals surface area contributed by atoms with E-state index in [-0.39, 0.29) is 5.92 Å². The van der Waals surface area contributed by atoms with Crippen LogP contribution in [-0.2, 0) is 18.3 Å². The third-order valence-electron chi connectivity index (χ3n) is 2.59. The van der Waals surface area contributed by atoms with Crippen LogP contribution < -0.4 is 10.6 Å². The van der Waals surface area contributed by atoms with Gasteiger partial charge < -0.3 is 15.7 Å². The zero-order valence-corrected chi connectivity index (χ0v) is 12.0. The normalized spacial score (nSPS) is 12.2. The van der Waals surface area contributed by atoms with E-state index in [2.05, 4.69) is 20.7 Å². The van der Waals surface area contributed by atoms with Gasteiger partial charge in [-0.15, -0.1) is 0 Å². The number of carbonyl (C=O) groups is 2. The fraction of sp³-hybridized carbons (Fsp3) is 0.667. The number of amides is 2. The Morgan fingerprint density at radius 2 is 2.15 bits per heavy atom. The van der Waals surface area contributed by atoms with Crippen molar-refractivity contribution >= 4 is 12.0 Å². The largest absolute Gasteiger partial charge is 0.480 e. The number of hydrogen-bond acceptors (Lipinski definition) is 4. The second-order valence-corrected chi connectivity index (χ2v) is 5.01. The monoisotopic (exact) mass is 283 g/mol. The molecule has 0 radical (unpaired) electrons. The molecule has 0 saturated carbocycles. The predicted octanol–water partition coefficient (Wildman–Crippen LogP) is 0.156. The molecule has 3 N–H and O–H groups in total. The summed E-state index contributed by atoms with van der Waals surface area (Å²) in [6.45, 7) is 4.16. The highest BCUT2D eigenvalue weighted by atomic mass is 16.4. The Kier molecular flexibility index (Phi) is 5.95. The molecule has 1 atom stereocenters. The van der Waals surface area contributed by atoms with Crippen molar-refractivity contribution in [1.29, 1.82) is 0 Å². The first kappa shape index (κ1) is 15.9. The van der Waals surface area contributed by atoms with Crippen LogP contribution in [0.3, 0.4) is 0 Å². The van der Waals surface area contributed by atoms with Crippen molar-refractivity contribution in [3.63, 3.8) is 0 Å². The summed E-state index contributed by atoms with van der Waals surface area (Å²) in [4.78, 5) is 26.6. The van der Waals surface area contributed by atoms with E-state index in [1.54, 1.807) is 18.1 Å². The first-order valence-electron chi connectivity index (χ1n) is 6.50. The van der Waals surface area contributed by atoms with E-state index in [9.17, 15) is 9.59 Å². The number of carboxylic acid groups (broad SMARTS) is 1. The molecule has 0 bridgehead atoms. The third kappa shape index (κ3) is 5.68. The minimum absolute atomic E-state index is 0.189. The van der Waals surface area contributed by atoms with Crippen LogP contribution in [0.1, 0.15) is 26.1 Å². The quantitative estimate of drug-likeness (QED) is 0.660. The molecule has 0 aliphatic carbocycles. The number of aliphatic carboxylic acids is 1. The van der Waals surface area contributed by atoms with Crippen molar-refractivity contribution in [1.82, 2.24) is 25.4 Å². The Hall–Kier alpha value is -2.12. The van der Waals surface area contributed by atoms with Crippen molar-refractivity contribution in [3.8, 4) is 0 Å². The predicted molar refractivity (Wildman–Crippen MR) is 72.1 cm³/mol. The molecule has 0 fully saturated rings. The van der Waals surface area contributed by atoms with Crippen molar-refractivity contribution in [3.05, 3.63) is 12.2 Å². The summed E-state index contributed by atoms with van der Waals surface area (Å²) in [5.41, 5.74) is 0. The molecule has 0 unspecified atom stereocenters. The number of hydrogen-bond donors (Lipinski definition) is 3. The molecule has 1 aromatic heterocycles. The molecule has 0 aromatic carbocycles. The smallest absolute Gasteiger partial charge is 0.326 e. The van der Waals surface area contributed by atoms with Gasteiger partial charge in [-0.05, 0) is 12.3 Å². The van der Waals surface area contributed by atoms with E-state index < -0.39 is 18.0 Å². The number of carboxylic acids is 1. The SMILES string of the molecule is CC(C)C[C@H](NC(=O)NCCc1ncn(C)n1)C(=O)O. The van der Waals surface area contributed by atoms with Crippen LogP contribution in [0.15, 0.2) is 6.33 Å². The first-order valence-corrected chi connectivity index (χ1v) is 6.50. The number of nitrogens with one attached hydrogen (secondary N) is 2. The summed E-state index contributed by atoms with van der Waals surface area (Å²) in [7, 11) is 1.76. The first-order chi connectivity index (χ1) is 9.38. The van der Waals surface area contributed by atoms with E-state index in [0.717, 1.165) is 0 Å². The van der Waals surface area contributed by atoms with Gasteiger partial charge in [-0.25, -0.2) is 14.6 Å². The fourth-order valence-corrected chi connectivity index (χ4v) is 1.69. The van der Waals surface area contributed by atoms with Gasteiger partial charge in [0.2, 0.25) is 0 Å². The number of nitrogens with zero attached hydrogens (tertiary/aromatic N) is 3. The maximum atomic E-state index is 11.6. The van der Waals surface area contributed by atoms with E-state index >= 15 is 0 Å². The van der Waals surface area contributed by atoms with Gasteiger partial charge in [0.15, 0.2) is 5.82 Å². The molecule has 0 aliphatic rings. The topological polar surface area (TPSA) is 109 Å². The molecule has 8 heteroatoms. The van der Waals surface area contributed by atoms with Crippen LogP contribution in [0, 0.1) is 5.92 Å². The number of carbonyl (C=O) groups excluding carboxylic acids is 1. The summed E-state index contributed by atoms with van der Waals surface area (Å²) in [6.07, 6.45) is 2.47. The molecule has 2 amide bonds. The van der Waals surface area contributed by atoms with E-state index in [1.807, 2.05) is 13.8 Å². The maximum absolute atomic E-state index is 11.6. The van der Waals surface area contributed by atoms with Gasteiger partial charge in [-0.2, -0.15) is 5.10 Å². The number of rotatable bonds is 7. The van der Waals surface area contributed by atoms with Crippen LogP contribution in [0.5, 0.6) is 0 Å². The van der Waals surface area contributed by atoms with Crippen molar-refractivity contribution in [2.24, 2.45) is 13.0 Å². The molecule has 112 valence electrons. The van der Waals surface area contributed by atoms with Crippen molar-refractivity contribution in [2.45, 2.75) is 32.7 Å². The lowest BCUT2D eigenvalue weighted by molar-refractivity contribution is -0.139. The van der Waals surface area contributed by atoms with Crippen LogP contribution in [0.25, 0.3) is 0 Å². The fourth-order valence-electron chi connectivity index (χ4n) is 1.69. The lowest BCUT2D eigenvalue weighted by Crippen LogP contribution is -2.47. The molecule has 1 rings (SSSR count). The Bertz CT molecular complexity index is 458. The Labute approximate surface area is 117 Å². The lowest BCUT2D eigenvalue weighted by Gasteiger charge is -2.16. The maximum Gasteiger partial charge on any atom is 0.326 e. The average Bonchev–Trinajstić information content (AvgIpc) is 2.73. The second kappa shape index (κ2) is 7.46. The highest BCUT2D eigenvalue weighted by Gasteiger charge is 2.20. The molecule has 0 aliphatic heterocycles. The number of aromatic nitrogens is 3. The van der Waals surface area contributed by atoms with Gasteiger partial charge >= 0.3 is 12.0 Å². The summed E-state index contributed by atoms with van der Waals surface area (Å²) in [5, 5.41) is 18.1. The standard InChI is InChI=1S/C12H21N5O3/c1-8(2)6-9(11(18)19)15-12(20)13-5-4-10-14-7-17(3)16-10/h7-9H,4-6H2,1-3H3,(H,18,19)(H2,13,15,20)/t9-/m0/s1. The molecule has 1 heterocycles. The zero-order chi connectivity index (χ0) is 15.1. The van der Waals surface area contributed by atoms with Crippen LogP contribution in [0.2, 0.25) is 0 Å². The molecule has 0 spiro atoms. The Morgan fingerprint density at radius 1 is 1.45 bits per heavy atom. The second-order valence-electron chi connectivity index (χ2n) is 5.01.